The van der Waals surface area contributed by atoms with E-state index in [2.05, 4.69) is 0 Å². The fourth-order valence-electron chi connectivity index (χ4n) is 3.50. The van der Waals surface area contributed by atoms with Crippen LogP contribution in [0.1, 0.15) is 30.4 Å². The molecule has 0 spiro atoms. The van der Waals surface area contributed by atoms with Crippen molar-refractivity contribution in [2.24, 2.45) is 5.92 Å². The predicted octanol–water partition coefficient (Wildman–Crippen LogP) is 4.15. The van der Waals surface area contributed by atoms with Gasteiger partial charge < -0.3 is 9.47 Å². The monoisotopic (exact) mass is 368 g/mol. The summed E-state index contributed by atoms with van der Waals surface area (Å²) in [4.78, 5) is 25.3. The highest BCUT2D eigenvalue weighted by Crippen LogP contribution is 2.42. The molecule has 0 saturated carbocycles. The highest BCUT2D eigenvalue weighted by Gasteiger charge is 2.40. The Balaban J connectivity index is 2.05. The third kappa shape index (κ3) is 3.92. The predicted molar refractivity (Wildman–Crippen MR) is 99.9 cm³/mol. The molecule has 27 heavy (non-hydrogen) atoms. The maximum atomic E-state index is 13.4. The van der Waals surface area contributed by atoms with E-state index in [1.54, 1.807) is 26.2 Å². The second-order valence-corrected chi connectivity index (χ2v) is 6.36. The van der Waals surface area contributed by atoms with E-state index in [4.69, 9.17) is 9.47 Å². The topological polar surface area (TPSA) is 52.6 Å². The van der Waals surface area contributed by atoms with Gasteiger partial charge in [-0.25, -0.2) is 4.39 Å². The molecule has 0 aliphatic heterocycles. The van der Waals surface area contributed by atoms with Gasteiger partial charge in [-0.15, -0.1) is 0 Å². The van der Waals surface area contributed by atoms with Crippen molar-refractivity contribution in [1.29, 1.82) is 0 Å². The molecule has 0 bridgehead atoms. The molecule has 1 aliphatic rings. The number of ketones is 1. The fraction of sp³-hybridized carbons (Fsp3) is 0.273. The molecule has 0 radical (unpaired) electrons. The van der Waals surface area contributed by atoms with Crippen LogP contribution in [0.2, 0.25) is 0 Å². The number of carbonyl (C=O) groups is 2. The van der Waals surface area contributed by atoms with Gasteiger partial charge in [0.25, 0.3) is 0 Å². The number of methoxy groups -OCH3 is 1. The number of allylic oxidation sites excluding steroid dienone is 2. The smallest absolute Gasteiger partial charge is 0.317 e. The van der Waals surface area contributed by atoms with Crippen molar-refractivity contribution >= 4 is 17.3 Å². The van der Waals surface area contributed by atoms with Gasteiger partial charge >= 0.3 is 5.97 Å². The quantitative estimate of drug-likeness (QED) is 0.588. The van der Waals surface area contributed by atoms with Gasteiger partial charge in [-0.1, -0.05) is 30.3 Å². The van der Waals surface area contributed by atoms with Crippen LogP contribution in [0.3, 0.4) is 0 Å². The highest BCUT2D eigenvalue weighted by molar-refractivity contribution is 6.11. The molecule has 0 amide bonds. The molecular formula is C22H21FO4. The van der Waals surface area contributed by atoms with E-state index in [1.807, 2.05) is 24.3 Å². The molecule has 0 heterocycles. The molecule has 0 N–H and O–H groups in total. The van der Waals surface area contributed by atoms with Crippen molar-refractivity contribution in [1.82, 2.24) is 0 Å². The van der Waals surface area contributed by atoms with Crippen molar-refractivity contribution in [3.05, 3.63) is 71.6 Å². The zero-order valence-electron chi connectivity index (χ0n) is 15.3. The number of halogens is 1. The second kappa shape index (κ2) is 8.16. The van der Waals surface area contributed by atoms with Crippen LogP contribution in [0.25, 0.3) is 5.57 Å². The summed E-state index contributed by atoms with van der Waals surface area (Å²) in [5.41, 5.74) is 2.32. The minimum atomic E-state index is -0.936. The number of para-hydroxylation sites is 1. The van der Waals surface area contributed by atoms with Gasteiger partial charge in [-0.2, -0.15) is 0 Å². The van der Waals surface area contributed by atoms with Crippen molar-refractivity contribution in [3.63, 3.8) is 0 Å². The second-order valence-electron chi connectivity index (χ2n) is 6.36. The van der Waals surface area contributed by atoms with Crippen LogP contribution >= 0.6 is 0 Å². The number of carbonyl (C=O) groups excluding carboxylic acids is 2. The lowest BCUT2D eigenvalue weighted by molar-refractivity contribution is -0.151. The lowest BCUT2D eigenvalue weighted by Crippen LogP contribution is -2.34. The van der Waals surface area contributed by atoms with Crippen LogP contribution in [0, 0.1) is 11.7 Å². The highest BCUT2D eigenvalue weighted by atomic mass is 19.1. The number of ether oxygens (including phenoxy) is 2. The molecule has 0 unspecified atom stereocenters. The summed E-state index contributed by atoms with van der Waals surface area (Å²) in [6.07, 6.45) is 1.95. The van der Waals surface area contributed by atoms with Gasteiger partial charge in [0.15, 0.2) is 5.78 Å². The average Bonchev–Trinajstić information content (AvgIpc) is 2.68. The maximum absolute atomic E-state index is 13.4. The zero-order valence-corrected chi connectivity index (χ0v) is 15.3. The van der Waals surface area contributed by atoms with E-state index in [1.165, 1.54) is 18.2 Å². The normalized spacial score (nSPS) is 19.4. The van der Waals surface area contributed by atoms with E-state index in [9.17, 15) is 14.0 Å². The Labute approximate surface area is 157 Å². The van der Waals surface area contributed by atoms with Crippen LogP contribution in [0.5, 0.6) is 5.75 Å². The Morgan fingerprint density at radius 2 is 1.85 bits per heavy atom. The first-order chi connectivity index (χ1) is 13.0. The van der Waals surface area contributed by atoms with E-state index in [0.717, 1.165) is 16.7 Å². The summed E-state index contributed by atoms with van der Waals surface area (Å²) >= 11 is 0. The van der Waals surface area contributed by atoms with Crippen LogP contribution in [0.15, 0.2) is 54.6 Å². The SMILES string of the molecule is CCOC(=O)[C@H]1C(=O)C=C(c2ccccc2OC)C[C@@H]1c1ccc(F)cc1. The summed E-state index contributed by atoms with van der Waals surface area (Å²) in [7, 11) is 1.57. The first kappa shape index (κ1) is 18.8. The molecule has 2 atom stereocenters. The van der Waals surface area contributed by atoms with Crippen molar-refractivity contribution in [2.45, 2.75) is 19.3 Å². The standard InChI is InChI=1S/C22H21FO4/c1-3-27-22(25)21-18(14-8-10-16(23)11-9-14)12-15(13-19(21)24)17-6-4-5-7-20(17)26-2/h4-11,13,18,21H,3,12H2,1-2H3/t18-,21-/m1/s1. The van der Waals surface area contributed by atoms with Gasteiger partial charge in [-0.3, -0.25) is 9.59 Å². The third-order valence-corrected chi connectivity index (χ3v) is 4.76. The van der Waals surface area contributed by atoms with Crippen LogP contribution in [0.4, 0.5) is 4.39 Å². The van der Waals surface area contributed by atoms with Crippen LogP contribution in [-0.4, -0.2) is 25.5 Å². The summed E-state index contributed by atoms with van der Waals surface area (Å²) < 4.78 is 23.9. The van der Waals surface area contributed by atoms with Crippen LogP contribution in [-0.2, 0) is 14.3 Å². The number of hydrogen-bond acceptors (Lipinski definition) is 4. The lowest BCUT2D eigenvalue weighted by Gasteiger charge is -2.30. The number of esters is 1. The van der Waals surface area contributed by atoms with E-state index in [0.29, 0.717) is 12.2 Å². The van der Waals surface area contributed by atoms with Crippen molar-refractivity contribution in [2.75, 3.05) is 13.7 Å². The summed E-state index contributed by atoms with van der Waals surface area (Å²) in [5, 5.41) is 0. The maximum Gasteiger partial charge on any atom is 0.317 e. The van der Waals surface area contributed by atoms with Gasteiger partial charge in [0, 0.05) is 11.5 Å². The summed E-state index contributed by atoms with van der Waals surface area (Å²) in [6.45, 7) is 1.90. The Morgan fingerprint density at radius 3 is 2.52 bits per heavy atom. The number of rotatable bonds is 5. The largest absolute Gasteiger partial charge is 0.496 e. The Bertz CT molecular complexity index is 870. The van der Waals surface area contributed by atoms with Gasteiger partial charge in [0.05, 0.1) is 13.7 Å². The van der Waals surface area contributed by atoms with E-state index < -0.39 is 17.8 Å². The number of benzene rings is 2. The fourth-order valence-corrected chi connectivity index (χ4v) is 3.50. The molecule has 3 rings (SSSR count). The third-order valence-electron chi connectivity index (χ3n) is 4.76. The molecule has 0 aromatic heterocycles. The molecule has 0 saturated heterocycles. The molecular weight excluding hydrogens is 347 g/mol. The minimum absolute atomic E-state index is 0.196. The van der Waals surface area contributed by atoms with E-state index >= 15 is 0 Å². The molecule has 140 valence electrons. The first-order valence-corrected chi connectivity index (χ1v) is 8.85. The van der Waals surface area contributed by atoms with Crippen molar-refractivity contribution in [3.8, 4) is 5.75 Å². The van der Waals surface area contributed by atoms with Gasteiger partial charge in [-0.05, 0) is 48.8 Å². The average molecular weight is 368 g/mol. The van der Waals surface area contributed by atoms with Crippen LogP contribution < -0.4 is 4.74 Å². The Kier molecular flexibility index (Phi) is 5.69. The molecule has 4 nitrogen and oxygen atoms in total. The summed E-state index contributed by atoms with van der Waals surface area (Å²) in [5.74, 6) is -1.93. The Morgan fingerprint density at radius 1 is 1.15 bits per heavy atom. The molecule has 0 fully saturated rings. The van der Waals surface area contributed by atoms with E-state index in [-0.39, 0.29) is 18.2 Å². The lowest BCUT2D eigenvalue weighted by atomic mass is 9.73. The summed E-state index contributed by atoms with van der Waals surface area (Å²) in [6, 6.07) is 13.3. The number of hydrogen-bond donors (Lipinski definition) is 0. The zero-order chi connectivity index (χ0) is 19.4. The van der Waals surface area contributed by atoms with Crippen molar-refractivity contribution < 1.29 is 23.5 Å². The molecule has 1 aliphatic carbocycles. The van der Waals surface area contributed by atoms with Gasteiger partial charge in [0.1, 0.15) is 17.5 Å². The molecule has 2 aromatic rings. The molecule has 2 aromatic carbocycles. The van der Waals surface area contributed by atoms with Gasteiger partial charge in [0.2, 0.25) is 0 Å². The minimum Gasteiger partial charge on any atom is -0.496 e. The Hall–Kier alpha value is -2.95. The first-order valence-electron chi connectivity index (χ1n) is 8.85. The molecule has 5 heteroatoms.